The molecule has 0 aromatic carbocycles. The van der Waals surface area contributed by atoms with Crippen LogP contribution in [0, 0.1) is 0 Å². The Labute approximate surface area is 116 Å². The van der Waals surface area contributed by atoms with Gasteiger partial charge in [0, 0.05) is 36.3 Å². The van der Waals surface area contributed by atoms with Crippen molar-refractivity contribution >= 4 is 12.1 Å². The summed E-state index contributed by atoms with van der Waals surface area (Å²) >= 11 is 0. The molecule has 0 spiro atoms. The number of nitrogens with two attached hydrogens (primary N) is 1. The second-order valence-electron chi connectivity index (χ2n) is 4.87. The van der Waals surface area contributed by atoms with E-state index in [1.807, 2.05) is 29.6 Å². The minimum absolute atomic E-state index is 0.432. The summed E-state index contributed by atoms with van der Waals surface area (Å²) in [5.74, 6) is 0.407. The Hall–Kier alpha value is -2.82. The average Bonchev–Trinajstić information content (AvgIpc) is 2.93. The molecule has 3 heterocycles. The van der Waals surface area contributed by atoms with Gasteiger partial charge in [-0.25, -0.2) is 4.99 Å². The predicted octanol–water partition coefficient (Wildman–Crippen LogP) is 1.48. The Bertz CT molecular complexity index is 731. The molecule has 20 heavy (non-hydrogen) atoms. The van der Waals surface area contributed by atoms with Crippen molar-refractivity contribution in [2.24, 2.45) is 10.7 Å². The SMILES string of the molecule is NC(=O)C1=CN2C=C3N=CC4=C(CC=C4)N3C=C2C=C1. The zero-order valence-electron chi connectivity index (χ0n) is 10.7. The summed E-state index contributed by atoms with van der Waals surface area (Å²) in [4.78, 5) is 19.7. The van der Waals surface area contributed by atoms with Crippen LogP contribution in [-0.4, -0.2) is 21.9 Å². The van der Waals surface area contributed by atoms with Crippen molar-refractivity contribution in [3.63, 3.8) is 0 Å². The van der Waals surface area contributed by atoms with Crippen molar-refractivity contribution < 1.29 is 4.79 Å². The summed E-state index contributed by atoms with van der Waals surface area (Å²) in [6, 6.07) is 0. The third kappa shape index (κ3) is 1.50. The predicted molar refractivity (Wildman–Crippen MR) is 75.5 cm³/mol. The average molecular weight is 264 g/mol. The quantitative estimate of drug-likeness (QED) is 0.780. The van der Waals surface area contributed by atoms with Crippen molar-refractivity contribution in [3.8, 4) is 0 Å². The van der Waals surface area contributed by atoms with Gasteiger partial charge in [0.1, 0.15) is 0 Å². The van der Waals surface area contributed by atoms with E-state index in [1.54, 1.807) is 12.3 Å². The number of fused-ring (bicyclic) bond motifs is 3. The maximum Gasteiger partial charge on any atom is 0.250 e. The molecule has 0 bridgehead atoms. The number of nitrogens with zero attached hydrogens (tertiary/aromatic N) is 3. The van der Waals surface area contributed by atoms with Crippen molar-refractivity contribution in [2.75, 3.05) is 0 Å². The fraction of sp³-hybridized carbons (Fsp3) is 0.0667. The molecule has 0 atom stereocenters. The molecule has 5 nitrogen and oxygen atoms in total. The summed E-state index contributed by atoms with van der Waals surface area (Å²) < 4.78 is 0. The Morgan fingerprint density at radius 1 is 1.20 bits per heavy atom. The second kappa shape index (κ2) is 3.84. The van der Waals surface area contributed by atoms with Gasteiger partial charge in [-0.1, -0.05) is 12.2 Å². The van der Waals surface area contributed by atoms with Crippen LogP contribution in [0.5, 0.6) is 0 Å². The van der Waals surface area contributed by atoms with Crippen LogP contribution in [0.25, 0.3) is 0 Å². The summed E-state index contributed by atoms with van der Waals surface area (Å²) in [5.41, 5.74) is 9.16. The molecule has 4 rings (SSSR count). The van der Waals surface area contributed by atoms with Crippen LogP contribution in [-0.2, 0) is 4.79 Å². The largest absolute Gasteiger partial charge is 0.366 e. The Kier molecular flexibility index (Phi) is 2.12. The van der Waals surface area contributed by atoms with Gasteiger partial charge in [-0.15, -0.1) is 0 Å². The molecule has 0 saturated heterocycles. The number of rotatable bonds is 1. The maximum absolute atomic E-state index is 11.2. The molecule has 1 aliphatic carbocycles. The first-order valence-electron chi connectivity index (χ1n) is 6.37. The lowest BCUT2D eigenvalue weighted by Crippen LogP contribution is -2.29. The maximum atomic E-state index is 11.2. The van der Waals surface area contributed by atoms with Crippen LogP contribution in [0.15, 0.2) is 76.3 Å². The molecule has 3 aliphatic heterocycles. The Morgan fingerprint density at radius 2 is 2.10 bits per heavy atom. The molecule has 2 N–H and O–H groups in total. The van der Waals surface area contributed by atoms with Gasteiger partial charge in [0.15, 0.2) is 5.82 Å². The highest BCUT2D eigenvalue weighted by Crippen LogP contribution is 2.34. The van der Waals surface area contributed by atoms with Crippen LogP contribution in [0.4, 0.5) is 0 Å². The Morgan fingerprint density at radius 3 is 2.95 bits per heavy atom. The van der Waals surface area contributed by atoms with Gasteiger partial charge in [-0.2, -0.15) is 0 Å². The minimum atomic E-state index is -0.432. The molecular weight excluding hydrogens is 252 g/mol. The van der Waals surface area contributed by atoms with E-state index < -0.39 is 5.91 Å². The van der Waals surface area contributed by atoms with Crippen molar-refractivity contribution in [1.29, 1.82) is 0 Å². The van der Waals surface area contributed by atoms with Crippen LogP contribution in [0.3, 0.4) is 0 Å². The van der Waals surface area contributed by atoms with E-state index >= 15 is 0 Å². The first-order chi connectivity index (χ1) is 9.72. The number of primary amides is 1. The molecule has 0 unspecified atom stereocenters. The number of hydrogen-bond acceptors (Lipinski definition) is 4. The van der Waals surface area contributed by atoms with Crippen LogP contribution < -0.4 is 5.73 Å². The third-order valence-corrected chi connectivity index (χ3v) is 3.63. The summed E-state index contributed by atoms with van der Waals surface area (Å²) in [6.07, 6.45) is 16.3. The van der Waals surface area contributed by atoms with Crippen molar-refractivity contribution in [2.45, 2.75) is 6.42 Å². The first-order valence-corrected chi connectivity index (χ1v) is 6.37. The molecule has 0 radical (unpaired) electrons. The van der Waals surface area contributed by atoms with Crippen molar-refractivity contribution in [3.05, 3.63) is 71.3 Å². The number of hydrogen-bond donors (Lipinski definition) is 1. The van der Waals surface area contributed by atoms with E-state index in [0.717, 1.165) is 23.5 Å². The fourth-order valence-corrected chi connectivity index (χ4v) is 2.59. The molecular formula is C15H12N4O. The topological polar surface area (TPSA) is 61.9 Å². The normalized spacial score (nSPS) is 22.1. The molecule has 0 aromatic heterocycles. The van der Waals surface area contributed by atoms with Crippen LogP contribution >= 0.6 is 0 Å². The van der Waals surface area contributed by atoms with Crippen molar-refractivity contribution in [1.82, 2.24) is 9.80 Å². The lowest BCUT2D eigenvalue weighted by molar-refractivity contribution is -0.114. The molecule has 0 fully saturated rings. The lowest BCUT2D eigenvalue weighted by atomic mass is 10.1. The molecule has 4 aliphatic rings. The van der Waals surface area contributed by atoms with Gasteiger partial charge < -0.3 is 15.5 Å². The Balaban J connectivity index is 1.75. The first kappa shape index (κ1) is 11.0. The van der Waals surface area contributed by atoms with Gasteiger partial charge in [0.2, 0.25) is 5.91 Å². The van der Waals surface area contributed by atoms with E-state index in [9.17, 15) is 4.79 Å². The number of carbonyl (C=O) groups is 1. The van der Waals surface area contributed by atoms with E-state index in [1.165, 1.54) is 5.70 Å². The molecule has 0 saturated carbocycles. The highest BCUT2D eigenvalue weighted by Gasteiger charge is 2.26. The zero-order valence-corrected chi connectivity index (χ0v) is 10.7. The van der Waals surface area contributed by atoms with E-state index in [0.29, 0.717) is 5.57 Å². The highest BCUT2D eigenvalue weighted by atomic mass is 16.1. The van der Waals surface area contributed by atoms with Crippen LogP contribution in [0.2, 0.25) is 0 Å². The number of allylic oxidation sites excluding steroid dienone is 4. The summed E-state index contributed by atoms with van der Waals surface area (Å²) in [5, 5.41) is 0. The molecule has 5 heteroatoms. The smallest absolute Gasteiger partial charge is 0.250 e. The zero-order chi connectivity index (χ0) is 13.7. The number of aliphatic imine (C=N–C) groups is 1. The van der Waals surface area contributed by atoms with Gasteiger partial charge in [0.05, 0.1) is 17.5 Å². The van der Waals surface area contributed by atoms with Gasteiger partial charge in [-0.3, -0.25) is 4.79 Å². The molecule has 98 valence electrons. The minimum Gasteiger partial charge on any atom is -0.366 e. The van der Waals surface area contributed by atoms with Gasteiger partial charge in [-0.05, 0) is 12.2 Å². The third-order valence-electron chi connectivity index (χ3n) is 3.63. The van der Waals surface area contributed by atoms with Gasteiger partial charge >= 0.3 is 0 Å². The fourth-order valence-electron chi connectivity index (χ4n) is 2.59. The number of amides is 1. The van der Waals surface area contributed by atoms with Crippen LogP contribution in [0.1, 0.15) is 6.42 Å². The van der Waals surface area contributed by atoms with E-state index in [4.69, 9.17) is 5.73 Å². The molecule has 1 amide bonds. The summed E-state index contributed by atoms with van der Waals surface area (Å²) in [6.45, 7) is 0. The second-order valence-corrected chi connectivity index (χ2v) is 4.87. The highest BCUT2D eigenvalue weighted by molar-refractivity contribution is 5.95. The van der Waals surface area contributed by atoms with E-state index in [2.05, 4.69) is 22.0 Å². The monoisotopic (exact) mass is 264 g/mol. The van der Waals surface area contributed by atoms with E-state index in [-0.39, 0.29) is 0 Å². The lowest BCUT2D eigenvalue weighted by Gasteiger charge is -2.34. The molecule has 0 aromatic rings. The summed E-state index contributed by atoms with van der Waals surface area (Å²) in [7, 11) is 0. The number of carbonyl (C=O) groups excluding carboxylic acids is 1. The van der Waals surface area contributed by atoms with Gasteiger partial charge in [0.25, 0.3) is 0 Å². The standard InChI is InChI=1S/C15H12N4O/c16-15(20)11-4-5-12-8-19-13-3-1-2-10(13)6-17-14(19)9-18(12)7-11/h1-2,4-9H,3H2,(H2,16,20).